The fourth-order valence-electron chi connectivity index (χ4n) is 3.67. The zero-order valence-corrected chi connectivity index (χ0v) is 21.2. The summed E-state index contributed by atoms with van der Waals surface area (Å²) < 4.78 is 33.7. The zero-order chi connectivity index (χ0) is 25.6. The van der Waals surface area contributed by atoms with Gasteiger partial charge in [0.1, 0.15) is 0 Å². The van der Waals surface area contributed by atoms with Crippen molar-refractivity contribution in [1.82, 2.24) is 3.97 Å². The van der Waals surface area contributed by atoms with Crippen LogP contribution in [0.2, 0.25) is 0 Å². The summed E-state index contributed by atoms with van der Waals surface area (Å²) in [5, 5.41) is 8.38. The highest BCUT2D eigenvalue weighted by molar-refractivity contribution is 7.90. The van der Waals surface area contributed by atoms with Crippen LogP contribution in [0.15, 0.2) is 83.8 Å². The summed E-state index contributed by atoms with van der Waals surface area (Å²) in [6.45, 7) is 8.26. The molecule has 3 aromatic carbocycles. The average molecular weight is 491 g/mol. The van der Waals surface area contributed by atoms with Crippen molar-refractivity contribution in [3.8, 4) is 11.1 Å². The van der Waals surface area contributed by atoms with Gasteiger partial charge >= 0.3 is 5.97 Å². The number of rotatable bonds is 6. The van der Waals surface area contributed by atoms with E-state index in [4.69, 9.17) is 10.1 Å². The number of benzene rings is 3. The second kappa shape index (κ2) is 11.1. The van der Waals surface area contributed by atoms with Crippen molar-refractivity contribution < 1.29 is 17.9 Å². The Morgan fingerprint density at radius 1 is 0.943 bits per heavy atom. The van der Waals surface area contributed by atoms with E-state index in [1.165, 1.54) is 18.3 Å². The highest BCUT2D eigenvalue weighted by atomic mass is 32.2. The van der Waals surface area contributed by atoms with Crippen LogP contribution in [0.3, 0.4) is 0 Å². The van der Waals surface area contributed by atoms with Crippen LogP contribution in [-0.2, 0) is 14.8 Å². The lowest BCUT2D eigenvalue weighted by Gasteiger charge is -2.13. The second-order valence-corrected chi connectivity index (χ2v) is 10.3. The van der Waals surface area contributed by atoms with Gasteiger partial charge in [0, 0.05) is 17.2 Å². The number of carbonyl (C=O) groups excluding carboxylic acids is 1. The maximum atomic E-state index is 13.7. The lowest BCUT2D eigenvalue weighted by atomic mass is 9.97. The predicted octanol–water partition coefficient (Wildman–Crippen LogP) is 6.38. The molecule has 4 rings (SSSR count). The molecule has 0 aliphatic heterocycles. The molecule has 0 saturated carbocycles. The standard InChI is InChI=1S/C24H20N2O4S.C4H10/c1-2-30-24(27)23-22(19-13-7-6-10-17(19)16-25)20-14-8-9-15-21(20)26(23)31(28,29)18-11-4-3-5-12-18;1-4(2)3/h3-16,25H,2H2,1H3;4H,1-3H3. The van der Waals surface area contributed by atoms with Crippen molar-refractivity contribution in [2.45, 2.75) is 32.6 Å². The molecule has 6 nitrogen and oxygen atoms in total. The largest absolute Gasteiger partial charge is 0.461 e. The minimum absolute atomic E-state index is 0.0631. The van der Waals surface area contributed by atoms with Gasteiger partial charge in [-0.2, -0.15) is 0 Å². The van der Waals surface area contributed by atoms with Crippen molar-refractivity contribution in [3.63, 3.8) is 0 Å². The van der Waals surface area contributed by atoms with Gasteiger partial charge in [0.25, 0.3) is 10.0 Å². The number of esters is 1. The second-order valence-electron chi connectivity index (χ2n) is 8.51. The topological polar surface area (TPSA) is 89.2 Å². The van der Waals surface area contributed by atoms with Crippen molar-refractivity contribution in [2.24, 2.45) is 5.92 Å². The maximum Gasteiger partial charge on any atom is 0.356 e. The van der Waals surface area contributed by atoms with Gasteiger partial charge in [-0.1, -0.05) is 81.4 Å². The quantitative estimate of drug-likeness (QED) is 0.251. The lowest BCUT2D eigenvalue weighted by Crippen LogP contribution is -2.20. The third kappa shape index (κ3) is 5.35. The van der Waals surface area contributed by atoms with Crippen LogP contribution in [0, 0.1) is 11.3 Å². The lowest BCUT2D eigenvalue weighted by molar-refractivity contribution is 0.0519. The minimum Gasteiger partial charge on any atom is -0.461 e. The van der Waals surface area contributed by atoms with Gasteiger partial charge in [0.15, 0.2) is 5.69 Å². The van der Waals surface area contributed by atoms with Gasteiger partial charge in [-0.3, -0.25) is 0 Å². The predicted molar refractivity (Wildman–Crippen MR) is 141 cm³/mol. The normalized spacial score (nSPS) is 11.1. The number of hydrogen-bond acceptors (Lipinski definition) is 5. The molecule has 1 N–H and O–H groups in total. The summed E-state index contributed by atoms with van der Waals surface area (Å²) in [6.07, 6.45) is 1.18. The van der Waals surface area contributed by atoms with E-state index in [9.17, 15) is 13.2 Å². The summed E-state index contributed by atoms with van der Waals surface area (Å²) in [5.74, 6) is 0.0907. The molecule has 35 heavy (non-hydrogen) atoms. The molecule has 0 amide bonds. The molecule has 0 bridgehead atoms. The molecule has 7 heteroatoms. The van der Waals surface area contributed by atoms with E-state index in [-0.39, 0.29) is 17.2 Å². The summed E-state index contributed by atoms with van der Waals surface area (Å²) in [5.41, 5.74) is 1.85. The first-order chi connectivity index (χ1) is 16.7. The van der Waals surface area contributed by atoms with E-state index < -0.39 is 16.0 Å². The molecule has 4 aromatic rings. The molecule has 0 atom stereocenters. The Kier molecular flexibility index (Phi) is 8.25. The molecular weight excluding hydrogens is 460 g/mol. The van der Waals surface area contributed by atoms with E-state index in [0.29, 0.717) is 27.6 Å². The number of aromatic nitrogens is 1. The van der Waals surface area contributed by atoms with E-state index in [0.717, 1.165) is 9.89 Å². The Bertz CT molecular complexity index is 1440. The monoisotopic (exact) mass is 490 g/mol. The summed E-state index contributed by atoms with van der Waals surface area (Å²) in [7, 11) is -4.11. The van der Waals surface area contributed by atoms with Crippen LogP contribution < -0.4 is 0 Å². The number of nitrogens with one attached hydrogen (secondary N) is 1. The van der Waals surface area contributed by atoms with Gasteiger partial charge in [0.05, 0.1) is 17.0 Å². The Hall–Kier alpha value is -3.71. The highest BCUT2D eigenvalue weighted by Crippen LogP contribution is 2.39. The number of carbonyl (C=O) groups is 1. The molecule has 0 spiro atoms. The van der Waals surface area contributed by atoms with Crippen LogP contribution in [0.25, 0.3) is 22.0 Å². The van der Waals surface area contributed by atoms with Gasteiger partial charge in [0.2, 0.25) is 0 Å². The van der Waals surface area contributed by atoms with E-state index in [2.05, 4.69) is 20.8 Å². The van der Waals surface area contributed by atoms with Gasteiger partial charge in [-0.15, -0.1) is 0 Å². The maximum absolute atomic E-state index is 13.7. The van der Waals surface area contributed by atoms with E-state index in [1.807, 2.05) is 0 Å². The smallest absolute Gasteiger partial charge is 0.356 e. The highest BCUT2D eigenvalue weighted by Gasteiger charge is 2.32. The summed E-state index contributed by atoms with van der Waals surface area (Å²) >= 11 is 0. The molecule has 0 unspecified atom stereocenters. The zero-order valence-electron chi connectivity index (χ0n) is 20.4. The van der Waals surface area contributed by atoms with Crippen molar-refractivity contribution in [1.29, 1.82) is 5.41 Å². The molecule has 0 aliphatic carbocycles. The number of fused-ring (bicyclic) bond motifs is 1. The van der Waals surface area contributed by atoms with Crippen molar-refractivity contribution >= 4 is 33.1 Å². The van der Waals surface area contributed by atoms with Gasteiger partial charge < -0.3 is 10.1 Å². The molecular formula is C28H30N2O4S. The number of hydrogen-bond donors (Lipinski definition) is 1. The SMILES string of the molecule is CC(C)C.CCOC(=O)c1c(-c2ccccc2C=N)c2ccccc2n1S(=O)(=O)c1ccccc1. The molecule has 0 aliphatic rings. The fourth-order valence-corrected chi connectivity index (χ4v) is 5.20. The Morgan fingerprint density at radius 2 is 1.51 bits per heavy atom. The van der Waals surface area contributed by atoms with Crippen LogP contribution in [0.5, 0.6) is 0 Å². The molecule has 1 aromatic heterocycles. The summed E-state index contributed by atoms with van der Waals surface area (Å²) in [4.78, 5) is 13.2. The molecule has 0 radical (unpaired) electrons. The third-order valence-corrected chi connectivity index (χ3v) is 6.70. The van der Waals surface area contributed by atoms with Crippen LogP contribution >= 0.6 is 0 Å². The fraction of sp³-hybridized carbons (Fsp3) is 0.214. The van der Waals surface area contributed by atoms with Crippen LogP contribution in [0.1, 0.15) is 43.7 Å². The minimum atomic E-state index is -4.11. The average Bonchev–Trinajstić information content (AvgIpc) is 3.20. The molecule has 0 fully saturated rings. The van der Waals surface area contributed by atoms with Crippen molar-refractivity contribution in [2.75, 3.05) is 6.61 Å². The number of nitrogens with zero attached hydrogens (tertiary/aromatic N) is 1. The van der Waals surface area contributed by atoms with E-state index >= 15 is 0 Å². The number of ether oxygens (including phenoxy) is 1. The van der Waals surface area contributed by atoms with Crippen molar-refractivity contribution in [3.05, 3.63) is 90.1 Å². The third-order valence-electron chi connectivity index (χ3n) is 4.97. The van der Waals surface area contributed by atoms with Crippen LogP contribution in [-0.4, -0.2) is 31.2 Å². The first-order valence-corrected chi connectivity index (χ1v) is 12.9. The molecule has 1 heterocycles. The molecule has 182 valence electrons. The number of para-hydroxylation sites is 1. The Morgan fingerprint density at radius 3 is 2.14 bits per heavy atom. The Balaban J connectivity index is 0.000000795. The molecule has 0 saturated heterocycles. The first-order valence-electron chi connectivity index (χ1n) is 11.4. The van der Waals surface area contributed by atoms with Crippen LogP contribution in [0.4, 0.5) is 0 Å². The first kappa shape index (κ1) is 25.9. The van der Waals surface area contributed by atoms with Gasteiger partial charge in [-0.05, 0) is 42.2 Å². The van der Waals surface area contributed by atoms with Gasteiger partial charge in [-0.25, -0.2) is 17.2 Å². The van der Waals surface area contributed by atoms with E-state index in [1.54, 1.807) is 73.7 Å². The summed E-state index contributed by atoms with van der Waals surface area (Å²) in [6, 6.07) is 22.0. The Labute approximate surface area is 206 Å².